The van der Waals surface area contributed by atoms with Crippen LogP contribution in [0.2, 0.25) is 0 Å². The summed E-state index contributed by atoms with van der Waals surface area (Å²) in [4.78, 5) is 28.2. The first-order chi connectivity index (χ1) is 13.0. The fourth-order valence-corrected chi connectivity index (χ4v) is 4.08. The molecule has 1 unspecified atom stereocenters. The van der Waals surface area contributed by atoms with Crippen LogP contribution >= 0.6 is 11.3 Å². The van der Waals surface area contributed by atoms with Crippen LogP contribution in [0.15, 0.2) is 36.4 Å². The van der Waals surface area contributed by atoms with Crippen LogP contribution in [0, 0.1) is 24.6 Å². The van der Waals surface area contributed by atoms with Gasteiger partial charge in [0.15, 0.2) is 5.13 Å². The molecule has 1 aromatic heterocycles. The number of halogens is 1. The number of carbonyl (C=O) groups is 2. The number of rotatable bonds is 4. The number of aromatic nitrogens is 1. The summed E-state index contributed by atoms with van der Waals surface area (Å²) >= 11 is 1.35. The third kappa shape index (κ3) is 3.30. The van der Waals surface area contributed by atoms with E-state index in [0.29, 0.717) is 22.6 Å². The quantitative estimate of drug-likeness (QED) is 0.686. The van der Waals surface area contributed by atoms with Crippen LogP contribution in [0.3, 0.4) is 0 Å². The van der Waals surface area contributed by atoms with Crippen molar-refractivity contribution in [1.29, 1.82) is 0 Å². The van der Waals surface area contributed by atoms with Gasteiger partial charge in [0.2, 0.25) is 5.91 Å². The van der Waals surface area contributed by atoms with Gasteiger partial charge in [0, 0.05) is 5.56 Å². The predicted octanol–water partition coefficient (Wildman–Crippen LogP) is 4.16. The summed E-state index contributed by atoms with van der Waals surface area (Å²) in [5.41, 5.74) is 2.84. The zero-order valence-corrected chi connectivity index (χ0v) is 15.6. The molecule has 0 spiro atoms. The molecular formula is C20H17FN2O3S. The first-order valence-corrected chi connectivity index (χ1v) is 9.34. The normalized spacial score (nSPS) is 18.3. The number of fused-ring (bicyclic) bond motifs is 1. The van der Waals surface area contributed by atoms with Gasteiger partial charge >= 0.3 is 5.97 Å². The van der Waals surface area contributed by atoms with E-state index in [1.165, 1.54) is 24.5 Å². The fraction of sp³-hybridized carbons (Fsp3) is 0.250. The van der Waals surface area contributed by atoms with E-state index in [4.69, 9.17) is 0 Å². The Balaban J connectivity index is 1.57. The highest BCUT2D eigenvalue weighted by Crippen LogP contribution is 2.41. The number of carbonyl (C=O) groups excluding carboxylic acids is 2. The summed E-state index contributed by atoms with van der Waals surface area (Å²) in [5.74, 6) is -1.58. The van der Waals surface area contributed by atoms with E-state index in [2.05, 4.69) is 15.0 Å². The highest BCUT2D eigenvalue weighted by molar-refractivity contribution is 7.22. The highest BCUT2D eigenvalue weighted by atomic mass is 32.1. The van der Waals surface area contributed by atoms with Gasteiger partial charge in [0.05, 0.1) is 29.2 Å². The Morgan fingerprint density at radius 2 is 2.07 bits per heavy atom. The monoisotopic (exact) mass is 384 g/mol. The van der Waals surface area contributed by atoms with Crippen molar-refractivity contribution in [2.45, 2.75) is 13.3 Å². The van der Waals surface area contributed by atoms with E-state index in [9.17, 15) is 14.0 Å². The molecule has 2 atom stereocenters. The summed E-state index contributed by atoms with van der Waals surface area (Å²) in [6, 6.07) is 10.5. The van der Waals surface area contributed by atoms with Crippen molar-refractivity contribution in [3.63, 3.8) is 0 Å². The third-order valence-corrected chi connectivity index (χ3v) is 5.71. The lowest BCUT2D eigenvalue weighted by molar-refractivity contribution is -0.143. The number of hydrogen-bond donors (Lipinski definition) is 1. The maximum Gasteiger partial charge on any atom is 0.309 e. The molecule has 1 saturated carbocycles. The molecule has 138 valence electrons. The lowest BCUT2D eigenvalue weighted by atomic mass is 10.00. The predicted molar refractivity (Wildman–Crippen MR) is 102 cm³/mol. The Morgan fingerprint density at radius 3 is 2.81 bits per heavy atom. The molecule has 0 saturated heterocycles. The highest BCUT2D eigenvalue weighted by Gasteiger charge is 2.49. The third-order valence-electron chi connectivity index (χ3n) is 4.76. The van der Waals surface area contributed by atoms with Gasteiger partial charge in [0.1, 0.15) is 5.82 Å². The van der Waals surface area contributed by atoms with Gasteiger partial charge in [-0.1, -0.05) is 29.5 Å². The number of methoxy groups -OCH3 is 1. The van der Waals surface area contributed by atoms with Crippen molar-refractivity contribution >= 4 is 38.6 Å². The summed E-state index contributed by atoms with van der Waals surface area (Å²) < 4.78 is 19.8. The Hall–Kier alpha value is -2.80. The molecule has 27 heavy (non-hydrogen) atoms. The van der Waals surface area contributed by atoms with Gasteiger partial charge in [-0.2, -0.15) is 0 Å². The standard InChI is InChI=1S/C20H17FN2O3S/c1-10-4-3-5-14(21)17(10)11-6-7-16-15(8-11)22-20(27-16)23-18(24)12-9-13(12)19(25)26-2/h3-8,12-13H,9H2,1-2H3,(H,22,23,24)/t12-,13?/m0/s1. The molecule has 0 radical (unpaired) electrons. The Morgan fingerprint density at radius 1 is 1.26 bits per heavy atom. The van der Waals surface area contributed by atoms with Crippen molar-refractivity contribution in [2.75, 3.05) is 12.4 Å². The smallest absolute Gasteiger partial charge is 0.309 e. The van der Waals surface area contributed by atoms with E-state index in [1.54, 1.807) is 6.07 Å². The summed E-state index contributed by atoms with van der Waals surface area (Å²) in [5, 5.41) is 3.24. The molecule has 1 heterocycles. The lowest BCUT2D eigenvalue weighted by Gasteiger charge is -2.07. The van der Waals surface area contributed by atoms with E-state index >= 15 is 0 Å². The molecule has 5 nitrogen and oxygen atoms in total. The minimum Gasteiger partial charge on any atom is -0.469 e. The van der Waals surface area contributed by atoms with Gasteiger partial charge in [-0.15, -0.1) is 0 Å². The van der Waals surface area contributed by atoms with Crippen molar-refractivity contribution in [1.82, 2.24) is 4.98 Å². The largest absolute Gasteiger partial charge is 0.469 e. The zero-order valence-electron chi connectivity index (χ0n) is 14.8. The summed E-state index contributed by atoms with van der Waals surface area (Å²) in [6.07, 6.45) is 0.500. The number of nitrogens with one attached hydrogen (secondary N) is 1. The van der Waals surface area contributed by atoms with Gasteiger partial charge in [-0.05, 0) is 42.7 Å². The number of aryl methyl sites for hydroxylation is 1. The van der Waals surface area contributed by atoms with E-state index in [1.807, 2.05) is 31.2 Å². The lowest BCUT2D eigenvalue weighted by Crippen LogP contribution is -2.17. The molecule has 0 bridgehead atoms. The first kappa shape index (κ1) is 17.6. The van der Waals surface area contributed by atoms with Crippen molar-refractivity contribution in [2.24, 2.45) is 11.8 Å². The molecular weight excluding hydrogens is 367 g/mol. The molecule has 1 fully saturated rings. The van der Waals surface area contributed by atoms with Crippen LogP contribution in [0.1, 0.15) is 12.0 Å². The van der Waals surface area contributed by atoms with E-state index in [-0.39, 0.29) is 29.5 Å². The maximum absolute atomic E-state index is 14.2. The molecule has 1 aliphatic rings. The molecule has 1 aliphatic carbocycles. The minimum absolute atomic E-state index is 0.227. The van der Waals surface area contributed by atoms with Gasteiger partial charge in [0.25, 0.3) is 0 Å². The van der Waals surface area contributed by atoms with E-state index in [0.717, 1.165) is 15.8 Å². The van der Waals surface area contributed by atoms with Crippen molar-refractivity contribution in [3.8, 4) is 11.1 Å². The average Bonchev–Trinajstić information content (AvgIpc) is 3.35. The molecule has 2 aromatic carbocycles. The number of nitrogens with zero attached hydrogens (tertiary/aromatic N) is 1. The molecule has 1 amide bonds. The number of hydrogen-bond acceptors (Lipinski definition) is 5. The Labute approximate surface area is 159 Å². The second-order valence-corrected chi connectivity index (χ2v) is 7.63. The summed E-state index contributed by atoms with van der Waals surface area (Å²) in [7, 11) is 1.32. The van der Waals surface area contributed by atoms with Crippen LogP contribution in [-0.2, 0) is 14.3 Å². The van der Waals surface area contributed by atoms with E-state index < -0.39 is 0 Å². The fourth-order valence-electron chi connectivity index (χ4n) is 3.23. The van der Waals surface area contributed by atoms with Gasteiger partial charge < -0.3 is 10.1 Å². The number of ether oxygens (including phenoxy) is 1. The second-order valence-electron chi connectivity index (χ2n) is 6.59. The average molecular weight is 384 g/mol. The van der Waals surface area contributed by atoms with Crippen LogP contribution < -0.4 is 5.32 Å². The number of esters is 1. The van der Waals surface area contributed by atoms with Gasteiger partial charge in [-0.3, -0.25) is 9.59 Å². The van der Waals surface area contributed by atoms with Crippen LogP contribution in [0.4, 0.5) is 9.52 Å². The van der Waals surface area contributed by atoms with Gasteiger partial charge in [-0.25, -0.2) is 9.37 Å². The van der Waals surface area contributed by atoms with Crippen LogP contribution in [0.25, 0.3) is 21.3 Å². The Bertz CT molecular complexity index is 1040. The number of benzene rings is 2. The molecule has 0 aliphatic heterocycles. The first-order valence-electron chi connectivity index (χ1n) is 8.52. The van der Waals surface area contributed by atoms with Crippen molar-refractivity contribution in [3.05, 3.63) is 47.8 Å². The number of amides is 1. The topological polar surface area (TPSA) is 68.3 Å². The number of anilines is 1. The Kier molecular flexibility index (Phi) is 4.39. The van der Waals surface area contributed by atoms with Crippen LogP contribution in [-0.4, -0.2) is 24.0 Å². The van der Waals surface area contributed by atoms with Crippen LogP contribution in [0.5, 0.6) is 0 Å². The number of thiazole rings is 1. The molecule has 4 rings (SSSR count). The zero-order chi connectivity index (χ0) is 19.1. The molecule has 3 aromatic rings. The maximum atomic E-state index is 14.2. The second kappa shape index (κ2) is 6.74. The summed E-state index contributed by atoms with van der Waals surface area (Å²) in [6.45, 7) is 1.86. The minimum atomic E-state index is -0.361. The molecule has 1 N–H and O–H groups in total. The van der Waals surface area contributed by atoms with Crippen molar-refractivity contribution < 1.29 is 18.7 Å². The molecule has 7 heteroatoms. The SMILES string of the molecule is COC(=O)C1C[C@@H]1C(=O)Nc1nc2cc(-c3c(C)cccc3F)ccc2s1.